The molecule has 116 valence electrons. The van der Waals surface area contributed by atoms with Gasteiger partial charge in [-0.1, -0.05) is 15.9 Å². The molecule has 3 rings (SSSR count). The molecule has 0 amide bonds. The predicted octanol–water partition coefficient (Wildman–Crippen LogP) is 4.19. The number of benzene rings is 1. The van der Waals surface area contributed by atoms with Crippen molar-refractivity contribution >= 4 is 21.6 Å². The van der Waals surface area contributed by atoms with E-state index in [2.05, 4.69) is 21.2 Å². The molecule has 2 bridgehead atoms. The molecule has 6 heteroatoms. The molecule has 0 aliphatic carbocycles. The third-order valence-corrected chi connectivity index (χ3v) is 5.13. The van der Waals surface area contributed by atoms with Crippen LogP contribution in [0.5, 0.6) is 0 Å². The Bertz CT molecular complexity index is 520. The lowest BCUT2D eigenvalue weighted by molar-refractivity contribution is -0.137. The summed E-state index contributed by atoms with van der Waals surface area (Å²) in [7, 11) is 1.79. The summed E-state index contributed by atoms with van der Waals surface area (Å²) in [6.07, 6.45) is -0.219. The summed E-state index contributed by atoms with van der Waals surface area (Å²) in [4.78, 5) is 1.82. The van der Waals surface area contributed by atoms with Gasteiger partial charge in [0, 0.05) is 35.3 Å². The second-order valence-corrected chi connectivity index (χ2v) is 6.95. The van der Waals surface area contributed by atoms with Crippen molar-refractivity contribution in [3.8, 4) is 0 Å². The van der Waals surface area contributed by atoms with Gasteiger partial charge < -0.3 is 10.2 Å². The van der Waals surface area contributed by atoms with E-state index in [1.54, 1.807) is 19.2 Å². The van der Waals surface area contributed by atoms with E-state index in [1.807, 2.05) is 4.90 Å². The summed E-state index contributed by atoms with van der Waals surface area (Å²) in [6.45, 7) is 0. The molecule has 0 spiro atoms. The van der Waals surface area contributed by atoms with Crippen molar-refractivity contribution < 1.29 is 13.2 Å². The van der Waals surface area contributed by atoms with E-state index in [4.69, 9.17) is 0 Å². The van der Waals surface area contributed by atoms with Gasteiger partial charge in [-0.3, -0.25) is 0 Å². The molecule has 1 aromatic carbocycles. The molecule has 2 fully saturated rings. The molecule has 2 aliphatic rings. The summed E-state index contributed by atoms with van der Waals surface area (Å²) in [6, 6.07) is 5.50. The summed E-state index contributed by atoms with van der Waals surface area (Å²) in [5, 5.41) is 3.52. The molecule has 2 aliphatic heterocycles. The quantitative estimate of drug-likeness (QED) is 0.848. The molecular weight excluding hydrogens is 345 g/mol. The molecular formula is C15H18BrF3N2. The van der Waals surface area contributed by atoms with E-state index < -0.39 is 11.7 Å². The zero-order valence-corrected chi connectivity index (χ0v) is 13.3. The van der Waals surface area contributed by atoms with Gasteiger partial charge >= 0.3 is 6.18 Å². The van der Waals surface area contributed by atoms with Gasteiger partial charge in [-0.15, -0.1) is 0 Å². The van der Waals surface area contributed by atoms with Gasteiger partial charge in [0.2, 0.25) is 0 Å². The first kappa shape index (κ1) is 15.2. The second-order valence-electron chi connectivity index (χ2n) is 6.03. The largest absolute Gasteiger partial charge is 0.418 e. The van der Waals surface area contributed by atoms with Crippen LogP contribution in [0.3, 0.4) is 0 Å². The molecule has 1 aromatic rings. The van der Waals surface area contributed by atoms with Gasteiger partial charge in [0.25, 0.3) is 0 Å². The molecule has 2 heterocycles. The molecule has 0 aromatic heterocycles. The van der Waals surface area contributed by atoms with Gasteiger partial charge in [0.1, 0.15) is 0 Å². The van der Waals surface area contributed by atoms with E-state index in [-0.39, 0.29) is 11.7 Å². The van der Waals surface area contributed by atoms with Crippen molar-refractivity contribution in [2.24, 2.45) is 0 Å². The SMILES string of the molecule is CN(c1ccc(Br)cc1C(F)(F)F)C1CC2CCC(C1)N2. The van der Waals surface area contributed by atoms with Crippen LogP contribution < -0.4 is 10.2 Å². The van der Waals surface area contributed by atoms with Crippen LogP contribution in [0.1, 0.15) is 31.2 Å². The van der Waals surface area contributed by atoms with E-state index >= 15 is 0 Å². The first-order valence-electron chi connectivity index (χ1n) is 7.20. The van der Waals surface area contributed by atoms with Crippen LogP contribution in [0.4, 0.5) is 18.9 Å². The number of halogens is 4. The number of nitrogens with one attached hydrogen (secondary N) is 1. The molecule has 2 nitrogen and oxygen atoms in total. The van der Waals surface area contributed by atoms with Crippen LogP contribution in [0.2, 0.25) is 0 Å². The molecule has 2 unspecified atom stereocenters. The predicted molar refractivity (Wildman–Crippen MR) is 80.5 cm³/mol. The number of fused-ring (bicyclic) bond motifs is 2. The lowest BCUT2D eigenvalue weighted by atomic mass is 9.97. The van der Waals surface area contributed by atoms with E-state index in [9.17, 15) is 13.2 Å². The van der Waals surface area contributed by atoms with Crippen molar-refractivity contribution in [1.29, 1.82) is 0 Å². The van der Waals surface area contributed by atoms with Gasteiger partial charge in [-0.05, 0) is 43.9 Å². The smallest absolute Gasteiger partial charge is 0.371 e. The Morgan fingerprint density at radius 1 is 1.19 bits per heavy atom. The minimum Gasteiger partial charge on any atom is -0.371 e. The van der Waals surface area contributed by atoms with Crippen LogP contribution in [0.25, 0.3) is 0 Å². The summed E-state index contributed by atoms with van der Waals surface area (Å²) in [5.41, 5.74) is -0.290. The molecule has 0 saturated carbocycles. The Morgan fingerprint density at radius 2 is 1.81 bits per heavy atom. The number of hydrogen-bond acceptors (Lipinski definition) is 2. The highest BCUT2D eigenvalue weighted by molar-refractivity contribution is 9.10. The van der Waals surface area contributed by atoms with Crippen molar-refractivity contribution in [2.45, 2.75) is 50.0 Å². The first-order chi connectivity index (χ1) is 9.84. The maximum absolute atomic E-state index is 13.3. The fraction of sp³-hybridized carbons (Fsp3) is 0.600. The first-order valence-corrected chi connectivity index (χ1v) is 7.99. The minimum atomic E-state index is -4.33. The fourth-order valence-corrected chi connectivity index (χ4v) is 3.94. The van der Waals surface area contributed by atoms with E-state index in [1.165, 1.54) is 6.07 Å². The Kier molecular flexibility index (Phi) is 3.94. The Balaban J connectivity index is 1.89. The highest BCUT2D eigenvalue weighted by Gasteiger charge is 2.39. The zero-order chi connectivity index (χ0) is 15.2. The monoisotopic (exact) mass is 362 g/mol. The van der Waals surface area contributed by atoms with Crippen LogP contribution in [-0.2, 0) is 6.18 Å². The Labute approximate surface area is 130 Å². The average Bonchev–Trinajstić information content (AvgIpc) is 2.75. The number of anilines is 1. The Hall–Kier alpha value is -0.750. The van der Waals surface area contributed by atoms with Gasteiger partial charge in [0.05, 0.1) is 5.56 Å². The molecule has 1 N–H and O–H groups in total. The number of hydrogen-bond donors (Lipinski definition) is 1. The van der Waals surface area contributed by atoms with Crippen LogP contribution in [-0.4, -0.2) is 25.2 Å². The van der Waals surface area contributed by atoms with Crippen LogP contribution in [0, 0.1) is 0 Å². The second kappa shape index (κ2) is 5.47. The number of nitrogens with zero attached hydrogens (tertiary/aromatic N) is 1. The normalized spacial score (nSPS) is 28.7. The highest BCUT2D eigenvalue weighted by atomic mass is 79.9. The van der Waals surface area contributed by atoms with Gasteiger partial charge in [-0.25, -0.2) is 0 Å². The van der Waals surface area contributed by atoms with Crippen LogP contribution >= 0.6 is 15.9 Å². The number of alkyl halides is 3. The third kappa shape index (κ3) is 3.06. The topological polar surface area (TPSA) is 15.3 Å². The molecule has 21 heavy (non-hydrogen) atoms. The van der Waals surface area contributed by atoms with Crippen LogP contribution in [0.15, 0.2) is 22.7 Å². The molecule has 0 radical (unpaired) electrons. The van der Waals surface area contributed by atoms with Crippen molar-refractivity contribution in [3.05, 3.63) is 28.2 Å². The molecule has 2 saturated heterocycles. The van der Waals surface area contributed by atoms with E-state index in [0.29, 0.717) is 16.6 Å². The van der Waals surface area contributed by atoms with Gasteiger partial charge in [0.15, 0.2) is 0 Å². The van der Waals surface area contributed by atoms with Crippen molar-refractivity contribution in [1.82, 2.24) is 5.32 Å². The maximum Gasteiger partial charge on any atom is 0.418 e. The zero-order valence-electron chi connectivity index (χ0n) is 11.8. The van der Waals surface area contributed by atoms with Crippen molar-refractivity contribution in [2.75, 3.05) is 11.9 Å². The summed E-state index contributed by atoms with van der Waals surface area (Å²) < 4.78 is 40.2. The summed E-state index contributed by atoms with van der Waals surface area (Å²) >= 11 is 3.13. The number of piperidine rings is 1. The fourth-order valence-electron chi connectivity index (χ4n) is 3.58. The third-order valence-electron chi connectivity index (χ3n) is 4.64. The molecule has 2 atom stereocenters. The minimum absolute atomic E-state index is 0.172. The average molecular weight is 363 g/mol. The maximum atomic E-state index is 13.3. The Morgan fingerprint density at radius 3 is 2.38 bits per heavy atom. The lowest BCUT2D eigenvalue weighted by Crippen LogP contribution is -2.47. The van der Waals surface area contributed by atoms with E-state index in [0.717, 1.165) is 25.7 Å². The summed E-state index contributed by atoms with van der Waals surface area (Å²) in [5.74, 6) is 0. The highest BCUT2D eigenvalue weighted by Crippen LogP contribution is 2.40. The number of rotatable bonds is 2. The van der Waals surface area contributed by atoms with Crippen molar-refractivity contribution in [3.63, 3.8) is 0 Å². The standard InChI is InChI=1S/C15H18BrF3N2/c1-21(12-7-10-3-4-11(8-12)20-10)14-5-2-9(16)6-13(14)15(17,18)19/h2,5-6,10-12,20H,3-4,7-8H2,1H3. The van der Waals surface area contributed by atoms with Gasteiger partial charge in [-0.2, -0.15) is 13.2 Å². The lowest BCUT2D eigenvalue weighted by Gasteiger charge is -2.38.